The minimum atomic E-state index is -0.683. The summed E-state index contributed by atoms with van der Waals surface area (Å²) >= 11 is 6.09. The van der Waals surface area contributed by atoms with Crippen molar-refractivity contribution < 1.29 is 21.4 Å². The molecule has 26 heavy (non-hydrogen) atoms. The number of ketones is 2. The molecule has 0 aliphatic heterocycles. The van der Waals surface area contributed by atoms with Gasteiger partial charge in [-0.3, -0.25) is 9.59 Å². The molecule has 0 saturated carbocycles. The fraction of sp³-hybridized carbons (Fsp3) is 0.421. The van der Waals surface area contributed by atoms with Crippen molar-refractivity contribution in [3.05, 3.63) is 51.6 Å². The third-order valence-electron chi connectivity index (χ3n) is 4.07. The Morgan fingerprint density at radius 2 is 2.12 bits per heavy atom. The lowest BCUT2D eigenvalue weighted by atomic mass is 9.97. The summed E-state index contributed by atoms with van der Waals surface area (Å²) in [6, 6.07) is 4.02. The summed E-state index contributed by atoms with van der Waals surface area (Å²) in [6.45, 7) is 6.92. The van der Waals surface area contributed by atoms with Crippen LogP contribution in [0.15, 0.2) is 22.7 Å². The first-order chi connectivity index (χ1) is 12.2. The van der Waals surface area contributed by atoms with E-state index < -0.39 is 11.6 Å². The van der Waals surface area contributed by atoms with Crippen molar-refractivity contribution in [2.75, 3.05) is 0 Å². The van der Waals surface area contributed by atoms with Gasteiger partial charge in [-0.1, -0.05) is 29.7 Å². The van der Waals surface area contributed by atoms with E-state index in [9.17, 15) is 9.59 Å². The highest BCUT2D eigenvalue weighted by Gasteiger charge is 2.26. The fourth-order valence-corrected chi connectivity index (χ4v) is 3.14. The molecule has 1 heterocycles. The number of carbonyl (C=O) groups excluding carboxylic acids is 2. The van der Waals surface area contributed by atoms with Crippen LogP contribution in [0.1, 0.15) is 69.9 Å². The Morgan fingerprint density at radius 1 is 1.42 bits per heavy atom. The van der Waals surface area contributed by atoms with Crippen LogP contribution >= 0.6 is 11.6 Å². The number of hydrogen-bond donors (Lipinski definition) is 1. The minimum absolute atomic E-state index is 0. The molecule has 0 spiro atoms. The first kappa shape index (κ1) is 20.3. The molecule has 7 heteroatoms. The number of carbonyl (C=O) groups is 2. The second-order valence-electron chi connectivity index (χ2n) is 6.41. The van der Waals surface area contributed by atoms with Crippen molar-refractivity contribution in [2.45, 2.75) is 52.6 Å². The summed E-state index contributed by atoms with van der Waals surface area (Å²) in [4.78, 5) is 23.9. The zero-order valence-corrected chi connectivity index (χ0v) is 16.0. The van der Waals surface area contributed by atoms with Gasteiger partial charge in [-0.25, -0.2) is 4.39 Å². The molecule has 2 atom stereocenters. The lowest BCUT2D eigenvalue weighted by molar-refractivity contribution is -0.117. The van der Waals surface area contributed by atoms with E-state index in [0.29, 0.717) is 24.2 Å². The SMILES string of the molecule is CC[C@@H](N[C@@H](C)CC(C)=O)c1ccc(Cl)c(C(=O)c2cc(C)on2)c1F.[HH].[HH]. The molecule has 1 N–H and O–H groups in total. The zero-order chi connectivity index (χ0) is 19.4. The molecule has 0 unspecified atom stereocenters. The van der Waals surface area contributed by atoms with Gasteiger partial charge in [0.15, 0.2) is 5.69 Å². The summed E-state index contributed by atoms with van der Waals surface area (Å²) in [5, 5.41) is 6.90. The van der Waals surface area contributed by atoms with Gasteiger partial charge < -0.3 is 9.84 Å². The van der Waals surface area contributed by atoms with Gasteiger partial charge in [0.25, 0.3) is 0 Å². The highest BCUT2D eigenvalue weighted by atomic mass is 35.5. The number of halogens is 2. The van der Waals surface area contributed by atoms with E-state index in [1.54, 1.807) is 13.0 Å². The Hall–Kier alpha value is -2.05. The topological polar surface area (TPSA) is 72.2 Å². The quantitative estimate of drug-likeness (QED) is 0.655. The van der Waals surface area contributed by atoms with Gasteiger partial charge in [0, 0.05) is 33.0 Å². The van der Waals surface area contributed by atoms with Crippen LogP contribution in [0.4, 0.5) is 4.39 Å². The van der Waals surface area contributed by atoms with Crippen LogP contribution in [0, 0.1) is 12.7 Å². The predicted molar refractivity (Wildman–Crippen MR) is 101 cm³/mol. The molecule has 5 nitrogen and oxygen atoms in total. The molecule has 0 aliphatic carbocycles. The number of rotatable bonds is 8. The van der Waals surface area contributed by atoms with Gasteiger partial charge in [-0.2, -0.15) is 0 Å². The smallest absolute Gasteiger partial charge is 0.219 e. The van der Waals surface area contributed by atoms with Crippen molar-refractivity contribution >= 4 is 23.2 Å². The molecule has 0 saturated heterocycles. The standard InChI is InChI=1S/C19H22ClFN2O3.2H2/c1-5-15(22-10(2)8-11(3)24)13-6-7-14(20)17(18(13)21)19(25)16-9-12(4)26-23-16;;/h6-7,9-10,15,22H,5,8H2,1-4H3;2*1H/t10-,15+;;/m0../s1. The summed E-state index contributed by atoms with van der Waals surface area (Å²) in [7, 11) is 0. The van der Waals surface area contributed by atoms with Crippen LogP contribution in [-0.4, -0.2) is 22.8 Å². The van der Waals surface area contributed by atoms with Crippen LogP contribution in [0.25, 0.3) is 0 Å². The number of Topliss-reactive ketones (excluding diaryl/α,β-unsaturated/α-hetero) is 1. The Balaban J connectivity index is 0.00000364. The van der Waals surface area contributed by atoms with E-state index in [1.807, 2.05) is 13.8 Å². The molecular weight excluding hydrogens is 359 g/mol. The van der Waals surface area contributed by atoms with E-state index in [1.165, 1.54) is 19.1 Å². The van der Waals surface area contributed by atoms with Crippen LogP contribution in [0.5, 0.6) is 0 Å². The van der Waals surface area contributed by atoms with Crippen LogP contribution < -0.4 is 5.32 Å². The molecule has 1 aromatic carbocycles. The Morgan fingerprint density at radius 3 is 2.65 bits per heavy atom. The van der Waals surface area contributed by atoms with E-state index in [0.717, 1.165) is 0 Å². The Bertz CT molecular complexity index is 830. The Labute approximate surface area is 159 Å². The average Bonchev–Trinajstić information content (AvgIpc) is 2.99. The molecule has 0 aliphatic rings. The van der Waals surface area contributed by atoms with Crippen LogP contribution in [0.3, 0.4) is 0 Å². The van der Waals surface area contributed by atoms with Crippen molar-refractivity contribution in [2.24, 2.45) is 0 Å². The third-order valence-corrected chi connectivity index (χ3v) is 4.39. The largest absolute Gasteiger partial charge is 0.361 e. The predicted octanol–water partition coefficient (Wildman–Crippen LogP) is 4.91. The van der Waals surface area contributed by atoms with Crippen molar-refractivity contribution in [1.29, 1.82) is 0 Å². The molecule has 0 amide bonds. The monoisotopic (exact) mass is 384 g/mol. The third kappa shape index (κ3) is 4.56. The highest BCUT2D eigenvalue weighted by Crippen LogP contribution is 2.30. The van der Waals surface area contributed by atoms with E-state index in [2.05, 4.69) is 10.5 Å². The molecule has 0 bridgehead atoms. The summed E-state index contributed by atoms with van der Waals surface area (Å²) < 4.78 is 20.1. The molecule has 144 valence electrons. The fourth-order valence-electron chi connectivity index (χ4n) is 2.91. The van der Waals surface area contributed by atoms with Crippen molar-refractivity contribution in [1.82, 2.24) is 10.5 Å². The lowest BCUT2D eigenvalue weighted by Gasteiger charge is -2.23. The van der Waals surface area contributed by atoms with Gasteiger partial charge in [0.05, 0.1) is 10.6 Å². The van der Waals surface area contributed by atoms with Gasteiger partial charge in [-0.05, 0) is 33.3 Å². The maximum Gasteiger partial charge on any atom is 0.219 e. The molecule has 0 fully saturated rings. The maximum atomic E-state index is 15.2. The van der Waals surface area contributed by atoms with Crippen LogP contribution in [-0.2, 0) is 4.79 Å². The molecule has 0 radical (unpaired) electrons. The van der Waals surface area contributed by atoms with Gasteiger partial charge in [0.1, 0.15) is 17.4 Å². The normalized spacial score (nSPS) is 13.5. The first-order valence-corrected chi connectivity index (χ1v) is 8.83. The highest BCUT2D eigenvalue weighted by molar-refractivity contribution is 6.35. The zero-order valence-electron chi connectivity index (χ0n) is 15.2. The molecule has 2 aromatic rings. The summed E-state index contributed by atoms with van der Waals surface area (Å²) in [5.74, 6) is -0.809. The second kappa shape index (κ2) is 8.56. The minimum Gasteiger partial charge on any atom is -0.361 e. The molecule has 2 rings (SSSR count). The molecular formula is C19H26ClFN2O3. The van der Waals surface area contributed by atoms with Crippen molar-refractivity contribution in [3.63, 3.8) is 0 Å². The molecule has 1 aromatic heterocycles. The van der Waals surface area contributed by atoms with E-state index >= 15 is 4.39 Å². The van der Waals surface area contributed by atoms with E-state index in [4.69, 9.17) is 16.1 Å². The summed E-state index contributed by atoms with van der Waals surface area (Å²) in [5.41, 5.74) is 0.110. The van der Waals surface area contributed by atoms with Gasteiger partial charge in [-0.15, -0.1) is 0 Å². The summed E-state index contributed by atoms with van der Waals surface area (Å²) in [6.07, 6.45) is 0.924. The number of benzene rings is 1. The second-order valence-corrected chi connectivity index (χ2v) is 6.82. The average molecular weight is 385 g/mol. The van der Waals surface area contributed by atoms with Crippen LogP contribution in [0.2, 0.25) is 5.02 Å². The Kier molecular flexibility index (Phi) is 6.67. The first-order valence-electron chi connectivity index (χ1n) is 8.46. The van der Waals surface area contributed by atoms with Gasteiger partial charge in [0.2, 0.25) is 5.78 Å². The van der Waals surface area contributed by atoms with E-state index in [-0.39, 0.29) is 37.0 Å². The number of nitrogens with one attached hydrogen (secondary N) is 1. The van der Waals surface area contributed by atoms with Crippen molar-refractivity contribution in [3.8, 4) is 0 Å². The van der Waals surface area contributed by atoms with Gasteiger partial charge >= 0.3 is 0 Å². The number of aryl methyl sites for hydroxylation is 1. The number of nitrogens with zero attached hydrogens (tertiary/aromatic N) is 1. The number of hydrogen-bond acceptors (Lipinski definition) is 5. The maximum absolute atomic E-state index is 15.2. The lowest BCUT2D eigenvalue weighted by Crippen LogP contribution is -2.32. The number of aromatic nitrogens is 1.